The zero-order chi connectivity index (χ0) is 25.4. The molecule has 5 aromatic rings. The maximum Gasteiger partial charge on any atom is 0.257 e. The molecule has 36 heavy (non-hydrogen) atoms. The molecule has 0 aliphatic heterocycles. The van der Waals surface area contributed by atoms with Gasteiger partial charge in [-0.3, -0.25) is 9.59 Å². The highest BCUT2D eigenvalue weighted by Gasteiger charge is 2.15. The Morgan fingerprint density at radius 1 is 0.972 bits per heavy atom. The Hall–Kier alpha value is -4.24. The maximum absolute atomic E-state index is 12.9. The van der Waals surface area contributed by atoms with E-state index < -0.39 is 0 Å². The molecule has 3 N–H and O–H groups in total. The molecule has 2 amide bonds. The number of imidazole rings is 1. The van der Waals surface area contributed by atoms with Crippen molar-refractivity contribution in [1.82, 2.24) is 20.3 Å². The van der Waals surface area contributed by atoms with E-state index in [1.807, 2.05) is 57.2 Å². The van der Waals surface area contributed by atoms with E-state index in [1.165, 1.54) is 0 Å². The van der Waals surface area contributed by atoms with Crippen LogP contribution < -0.4 is 15.4 Å². The topological polar surface area (TPSA) is 109 Å². The van der Waals surface area contributed by atoms with Crippen molar-refractivity contribution in [1.29, 1.82) is 0 Å². The standard InChI is InChI=1S/C27H25N5O3S/c1-14-9-19(35-13-24(33)28-4)10-15(2)25(14)26-31-20-7-5-17(11-21(20)32-26)27(34)30-18-6-8-23-22(12-18)29-16(3)36-23/h5-12H,13H2,1-4H3,(H,28,33)(H,30,34)(H,31,32). The first-order valence-corrected chi connectivity index (χ1v) is 12.3. The highest BCUT2D eigenvalue weighted by molar-refractivity contribution is 7.18. The van der Waals surface area contributed by atoms with Crippen molar-refractivity contribution < 1.29 is 14.3 Å². The quantitative estimate of drug-likeness (QED) is 0.300. The first kappa shape index (κ1) is 23.5. The SMILES string of the molecule is CNC(=O)COc1cc(C)c(-c2nc3ccc(C(=O)Nc4ccc5sc(C)nc5c4)cc3[nH]2)c(C)c1. The van der Waals surface area contributed by atoms with Gasteiger partial charge in [0.05, 0.1) is 26.3 Å². The number of amides is 2. The number of aryl methyl sites for hydroxylation is 3. The summed E-state index contributed by atoms with van der Waals surface area (Å²) in [5, 5.41) is 6.49. The van der Waals surface area contributed by atoms with Crippen molar-refractivity contribution in [3.8, 4) is 17.1 Å². The summed E-state index contributed by atoms with van der Waals surface area (Å²) in [5.74, 6) is 0.938. The summed E-state index contributed by atoms with van der Waals surface area (Å²) in [5.41, 5.74) is 6.52. The van der Waals surface area contributed by atoms with Gasteiger partial charge in [0.2, 0.25) is 0 Å². The molecule has 2 heterocycles. The third-order valence-corrected chi connectivity index (χ3v) is 6.84. The Morgan fingerprint density at radius 2 is 1.75 bits per heavy atom. The van der Waals surface area contributed by atoms with Crippen LogP contribution in [0.3, 0.4) is 0 Å². The lowest BCUT2D eigenvalue weighted by molar-refractivity contribution is -0.122. The van der Waals surface area contributed by atoms with Gasteiger partial charge in [-0.25, -0.2) is 9.97 Å². The normalized spacial score (nSPS) is 11.1. The Labute approximate surface area is 211 Å². The predicted octanol–water partition coefficient (Wildman–Crippen LogP) is 5.14. The number of likely N-dealkylation sites (N-methyl/N-ethyl adjacent to an activating group) is 1. The van der Waals surface area contributed by atoms with Crippen molar-refractivity contribution >= 4 is 50.1 Å². The minimum Gasteiger partial charge on any atom is -0.484 e. The molecular weight excluding hydrogens is 474 g/mol. The van der Waals surface area contributed by atoms with Crippen LogP contribution in [-0.4, -0.2) is 40.4 Å². The van der Waals surface area contributed by atoms with E-state index in [1.54, 1.807) is 30.5 Å². The van der Waals surface area contributed by atoms with Crippen molar-refractivity contribution in [3.05, 3.63) is 70.2 Å². The van der Waals surface area contributed by atoms with Gasteiger partial charge < -0.3 is 20.4 Å². The van der Waals surface area contributed by atoms with Crippen molar-refractivity contribution in [3.63, 3.8) is 0 Å². The summed E-state index contributed by atoms with van der Waals surface area (Å²) in [6.45, 7) is 5.88. The van der Waals surface area contributed by atoms with Crippen LogP contribution in [0, 0.1) is 20.8 Å². The van der Waals surface area contributed by atoms with Gasteiger partial charge in [0.25, 0.3) is 11.8 Å². The number of nitrogens with one attached hydrogen (secondary N) is 3. The molecule has 3 aromatic carbocycles. The first-order chi connectivity index (χ1) is 17.3. The number of ether oxygens (including phenoxy) is 1. The van der Waals surface area contributed by atoms with Crippen LogP contribution in [0.5, 0.6) is 5.75 Å². The van der Waals surface area contributed by atoms with Crippen molar-refractivity contribution in [2.75, 3.05) is 19.0 Å². The molecule has 0 aliphatic carbocycles. The number of carbonyl (C=O) groups is 2. The summed E-state index contributed by atoms with van der Waals surface area (Å²) in [6, 6.07) is 14.9. The number of benzene rings is 3. The first-order valence-electron chi connectivity index (χ1n) is 11.4. The molecule has 0 atom stereocenters. The van der Waals surface area contributed by atoms with Crippen LogP contribution in [0.2, 0.25) is 0 Å². The van der Waals surface area contributed by atoms with E-state index >= 15 is 0 Å². The highest BCUT2D eigenvalue weighted by atomic mass is 32.1. The summed E-state index contributed by atoms with van der Waals surface area (Å²) >= 11 is 1.63. The Balaban J connectivity index is 1.39. The Bertz CT molecular complexity index is 1610. The third-order valence-electron chi connectivity index (χ3n) is 5.89. The van der Waals surface area contributed by atoms with E-state index in [0.29, 0.717) is 22.8 Å². The number of nitrogens with zero attached hydrogens (tertiary/aromatic N) is 2. The van der Waals surface area contributed by atoms with Crippen LogP contribution in [0.25, 0.3) is 32.6 Å². The lowest BCUT2D eigenvalue weighted by atomic mass is 10.0. The Kier molecular flexibility index (Phi) is 6.15. The van der Waals surface area contributed by atoms with Crippen LogP contribution in [-0.2, 0) is 4.79 Å². The van der Waals surface area contributed by atoms with Gasteiger partial charge in [-0.1, -0.05) is 0 Å². The van der Waals surface area contributed by atoms with E-state index in [4.69, 9.17) is 9.72 Å². The monoisotopic (exact) mass is 499 g/mol. The number of hydrogen-bond donors (Lipinski definition) is 3. The van der Waals surface area contributed by atoms with Gasteiger partial charge >= 0.3 is 0 Å². The van der Waals surface area contributed by atoms with Gasteiger partial charge in [0.15, 0.2) is 6.61 Å². The molecule has 5 rings (SSSR count). The van der Waals surface area contributed by atoms with Crippen LogP contribution in [0.4, 0.5) is 5.69 Å². The molecule has 9 heteroatoms. The van der Waals surface area contributed by atoms with Gasteiger partial charge in [0, 0.05) is 23.9 Å². The minimum absolute atomic E-state index is 0.0402. The average Bonchev–Trinajstić information content (AvgIpc) is 3.43. The number of carbonyl (C=O) groups excluding carboxylic acids is 2. The van der Waals surface area contributed by atoms with E-state index in [-0.39, 0.29) is 18.4 Å². The van der Waals surface area contributed by atoms with Crippen LogP contribution in [0.1, 0.15) is 26.5 Å². The van der Waals surface area contributed by atoms with Gasteiger partial charge in [-0.2, -0.15) is 0 Å². The number of rotatable bonds is 6. The van der Waals surface area contributed by atoms with Crippen LogP contribution in [0.15, 0.2) is 48.5 Å². The second kappa shape index (κ2) is 9.43. The molecule has 0 aliphatic rings. The number of aromatic nitrogens is 3. The molecule has 2 aromatic heterocycles. The number of aromatic amines is 1. The molecule has 0 unspecified atom stereocenters. The molecule has 0 fully saturated rings. The highest BCUT2D eigenvalue weighted by Crippen LogP contribution is 2.31. The molecule has 182 valence electrons. The molecule has 0 bridgehead atoms. The lowest BCUT2D eigenvalue weighted by Gasteiger charge is -2.11. The Morgan fingerprint density at radius 3 is 2.50 bits per heavy atom. The zero-order valence-electron chi connectivity index (χ0n) is 20.4. The summed E-state index contributed by atoms with van der Waals surface area (Å²) in [7, 11) is 1.57. The largest absolute Gasteiger partial charge is 0.484 e. The van der Waals surface area contributed by atoms with Crippen molar-refractivity contribution in [2.24, 2.45) is 0 Å². The van der Waals surface area contributed by atoms with E-state index in [9.17, 15) is 9.59 Å². The summed E-state index contributed by atoms with van der Waals surface area (Å²) in [4.78, 5) is 37.0. The third kappa shape index (κ3) is 4.65. The predicted molar refractivity (Wildman–Crippen MR) is 143 cm³/mol. The van der Waals surface area contributed by atoms with E-state index in [0.717, 1.165) is 42.9 Å². The average molecular weight is 500 g/mol. The number of hydrogen-bond acceptors (Lipinski definition) is 6. The van der Waals surface area contributed by atoms with Gasteiger partial charge in [-0.15, -0.1) is 11.3 Å². The number of H-pyrrole nitrogens is 1. The number of anilines is 1. The van der Waals surface area contributed by atoms with E-state index in [2.05, 4.69) is 20.6 Å². The molecule has 0 saturated heterocycles. The molecular formula is C27H25N5O3S. The lowest BCUT2D eigenvalue weighted by Crippen LogP contribution is -2.24. The second-order valence-corrected chi connectivity index (χ2v) is 9.82. The number of fused-ring (bicyclic) bond motifs is 2. The smallest absolute Gasteiger partial charge is 0.257 e. The summed E-state index contributed by atoms with van der Waals surface area (Å²) < 4.78 is 6.69. The van der Waals surface area contributed by atoms with Crippen molar-refractivity contribution in [2.45, 2.75) is 20.8 Å². The molecule has 8 nitrogen and oxygen atoms in total. The second-order valence-electron chi connectivity index (χ2n) is 8.58. The minimum atomic E-state index is -0.204. The number of thiazole rings is 1. The van der Waals surface area contributed by atoms with Gasteiger partial charge in [-0.05, 0) is 80.4 Å². The molecule has 0 radical (unpaired) electrons. The van der Waals surface area contributed by atoms with Gasteiger partial charge in [0.1, 0.15) is 11.6 Å². The summed E-state index contributed by atoms with van der Waals surface area (Å²) in [6.07, 6.45) is 0. The molecule has 0 saturated carbocycles. The fraction of sp³-hybridized carbons (Fsp3) is 0.185. The fourth-order valence-electron chi connectivity index (χ4n) is 4.19. The molecule has 0 spiro atoms. The maximum atomic E-state index is 12.9. The zero-order valence-corrected chi connectivity index (χ0v) is 21.2. The fourth-order valence-corrected chi connectivity index (χ4v) is 5.00. The van der Waals surface area contributed by atoms with Crippen LogP contribution >= 0.6 is 11.3 Å².